The van der Waals surface area contributed by atoms with Crippen LogP contribution in [0.5, 0.6) is 0 Å². The molecule has 4 nitrogen and oxygen atoms in total. The first-order valence-corrected chi connectivity index (χ1v) is 9.05. The maximum atomic E-state index is 6.21. The highest BCUT2D eigenvalue weighted by Crippen LogP contribution is 2.28. The number of ether oxygens (including phenoxy) is 1. The van der Waals surface area contributed by atoms with Crippen molar-refractivity contribution in [3.05, 3.63) is 47.2 Å². The molecular weight excluding hydrogens is 324 g/mol. The minimum absolute atomic E-state index is 0.717. The monoisotopic (exact) mass is 348 g/mol. The summed E-state index contributed by atoms with van der Waals surface area (Å²) in [6.07, 6.45) is 2.39. The van der Waals surface area contributed by atoms with Gasteiger partial charge in [0.25, 0.3) is 0 Å². The molecule has 0 saturated carbocycles. The molecule has 1 aliphatic heterocycles. The predicted molar refractivity (Wildman–Crippen MR) is 97.4 cm³/mol. The summed E-state index contributed by atoms with van der Waals surface area (Å²) in [5.41, 5.74) is 0.941. The lowest BCUT2D eigenvalue weighted by Gasteiger charge is -2.26. The van der Waals surface area contributed by atoms with E-state index in [1.54, 1.807) is 0 Å². The van der Waals surface area contributed by atoms with Crippen LogP contribution >= 0.6 is 11.6 Å². The Hall–Kier alpha value is -1.33. The molecule has 0 radical (unpaired) electrons. The number of rotatable bonds is 8. The third-order valence-electron chi connectivity index (χ3n) is 4.28. The largest absolute Gasteiger partial charge is 0.460 e. The van der Waals surface area contributed by atoms with E-state index >= 15 is 0 Å². The zero-order valence-corrected chi connectivity index (χ0v) is 14.7. The Morgan fingerprint density at radius 1 is 1.04 bits per heavy atom. The lowest BCUT2D eigenvalue weighted by molar-refractivity contribution is 0.0372. The van der Waals surface area contributed by atoms with Crippen molar-refractivity contribution < 1.29 is 9.15 Å². The fourth-order valence-electron chi connectivity index (χ4n) is 2.90. The number of halogens is 1. The first-order chi connectivity index (χ1) is 11.8. The van der Waals surface area contributed by atoms with Gasteiger partial charge in [0.05, 0.1) is 24.8 Å². The van der Waals surface area contributed by atoms with Crippen LogP contribution in [-0.4, -0.2) is 44.3 Å². The van der Waals surface area contributed by atoms with Crippen LogP contribution in [-0.2, 0) is 11.3 Å². The van der Waals surface area contributed by atoms with Crippen molar-refractivity contribution in [3.63, 3.8) is 0 Å². The third kappa shape index (κ3) is 5.08. The molecule has 1 aliphatic rings. The molecule has 0 aliphatic carbocycles. The Balaban J connectivity index is 1.35. The number of hydrogen-bond acceptors (Lipinski definition) is 4. The normalized spacial score (nSPS) is 15.7. The summed E-state index contributed by atoms with van der Waals surface area (Å²) in [4.78, 5) is 2.48. The van der Waals surface area contributed by atoms with Crippen LogP contribution < -0.4 is 5.32 Å². The van der Waals surface area contributed by atoms with Crippen molar-refractivity contribution in [3.8, 4) is 11.3 Å². The summed E-state index contributed by atoms with van der Waals surface area (Å²) in [5, 5.41) is 4.17. The van der Waals surface area contributed by atoms with Crippen LogP contribution in [0.2, 0.25) is 5.02 Å². The van der Waals surface area contributed by atoms with E-state index in [2.05, 4.69) is 10.2 Å². The molecule has 1 fully saturated rings. The first kappa shape index (κ1) is 17.5. The molecule has 5 heteroatoms. The highest BCUT2D eigenvalue weighted by atomic mass is 35.5. The van der Waals surface area contributed by atoms with Gasteiger partial charge in [-0.15, -0.1) is 0 Å². The summed E-state index contributed by atoms with van der Waals surface area (Å²) in [6.45, 7) is 6.83. The van der Waals surface area contributed by atoms with Crippen molar-refractivity contribution in [2.75, 3.05) is 39.4 Å². The Labute approximate surface area is 148 Å². The van der Waals surface area contributed by atoms with Gasteiger partial charge in [0, 0.05) is 18.7 Å². The van der Waals surface area contributed by atoms with Gasteiger partial charge in [-0.05, 0) is 50.2 Å². The zero-order chi connectivity index (χ0) is 16.6. The Bertz CT molecular complexity index is 623. The maximum Gasteiger partial charge on any atom is 0.135 e. The van der Waals surface area contributed by atoms with Crippen LogP contribution in [0.15, 0.2) is 40.8 Å². The van der Waals surface area contributed by atoms with Crippen LogP contribution in [0.25, 0.3) is 11.3 Å². The molecule has 3 rings (SSSR count). The van der Waals surface area contributed by atoms with Gasteiger partial charge < -0.3 is 14.5 Å². The van der Waals surface area contributed by atoms with Gasteiger partial charge in [-0.25, -0.2) is 0 Å². The van der Waals surface area contributed by atoms with E-state index in [0.29, 0.717) is 0 Å². The highest BCUT2D eigenvalue weighted by molar-refractivity contribution is 6.33. The average Bonchev–Trinajstić information content (AvgIpc) is 3.08. The average molecular weight is 349 g/mol. The van der Waals surface area contributed by atoms with Crippen molar-refractivity contribution >= 4 is 11.6 Å². The number of furan rings is 1. The van der Waals surface area contributed by atoms with Gasteiger partial charge in [-0.3, -0.25) is 4.90 Å². The summed E-state index contributed by atoms with van der Waals surface area (Å²) in [6, 6.07) is 11.7. The van der Waals surface area contributed by atoms with Crippen LogP contribution in [0.1, 0.15) is 18.6 Å². The summed E-state index contributed by atoms with van der Waals surface area (Å²) in [5.74, 6) is 1.77. The minimum atomic E-state index is 0.717. The lowest BCUT2D eigenvalue weighted by atomic mass is 10.2. The van der Waals surface area contributed by atoms with E-state index in [4.69, 9.17) is 20.8 Å². The van der Waals surface area contributed by atoms with E-state index < -0.39 is 0 Å². The second-order valence-electron chi connectivity index (χ2n) is 6.08. The van der Waals surface area contributed by atoms with E-state index in [0.717, 1.165) is 61.5 Å². The van der Waals surface area contributed by atoms with Gasteiger partial charge in [-0.1, -0.05) is 23.7 Å². The van der Waals surface area contributed by atoms with Crippen LogP contribution in [0.3, 0.4) is 0 Å². The summed E-state index contributed by atoms with van der Waals surface area (Å²) in [7, 11) is 0. The molecular formula is C19H25ClN2O2. The van der Waals surface area contributed by atoms with Gasteiger partial charge in [0.2, 0.25) is 0 Å². The van der Waals surface area contributed by atoms with E-state index in [-0.39, 0.29) is 0 Å². The topological polar surface area (TPSA) is 37.6 Å². The Kier molecular flexibility index (Phi) is 6.73. The predicted octanol–water partition coefficient (Wildman–Crippen LogP) is 3.80. The number of benzene rings is 1. The SMILES string of the molecule is Clc1ccccc1-c1ccc(CNCCCCN2CCOCC2)o1. The quantitative estimate of drug-likeness (QED) is 0.736. The standard InChI is InChI=1S/C19H25ClN2O2/c20-18-6-2-1-5-17(18)19-8-7-16(24-19)15-21-9-3-4-10-22-11-13-23-14-12-22/h1-2,5-8,21H,3-4,9-15H2. The molecule has 2 heterocycles. The molecule has 0 unspecified atom stereocenters. The number of unbranched alkanes of at least 4 members (excludes halogenated alkanes) is 1. The number of morpholine rings is 1. The molecule has 1 aromatic carbocycles. The fraction of sp³-hybridized carbons (Fsp3) is 0.474. The highest BCUT2D eigenvalue weighted by Gasteiger charge is 2.09. The van der Waals surface area contributed by atoms with Gasteiger partial charge in [-0.2, -0.15) is 0 Å². The van der Waals surface area contributed by atoms with Crippen molar-refractivity contribution in [1.82, 2.24) is 10.2 Å². The number of nitrogens with one attached hydrogen (secondary N) is 1. The molecule has 1 saturated heterocycles. The second kappa shape index (κ2) is 9.23. The van der Waals surface area contributed by atoms with Gasteiger partial charge >= 0.3 is 0 Å². The van der Waals surface area contributed by atoms with Crippen LogP contribution in [0, 0.1) is 0 Å². The Morgan fingerprint density at radius 2 is 1.88 bits per heavy atom. The maximum absolute atomic E-state index is 6.21. The second-order valence-corrected chi connectivity index (χ2v) is 6.49. The van der Waals surface area contributed by atoms with Gasteiger partial charge in [0.1, 0.15) is 11.5 Å². The first-order valence-electron chi connectivity index (χ1n) is 8.67. The molecule has 130 valence electrons. The summed E-state index contributed by atoms with van der Waals surface area (Å²) < 4.78 is 11.2. The molecule has 24 heavy (non-hydrogen) atoms. The molecule has 2 aromatic rings. The van der Waals surface area contributed by atoms with E-state index in [1.807, 2.05) is 36.4 Å². The molecule has 1 aromatic heterocycles. The number of hydrogen-bond donors (Lipinski definition) is 1. The fourth-order valence-corrected chi connectivity index (χ4v) is 3.13. The summed E-state index contributed by atoms with van der Waals surface area (Å²) >= 11 is 6.21. The van der Waals surface area contributed by atoms with Crippen molar-refractivity contribution in [1.29, 1.82) is 0 Å². The van der Waals surface area contributed by atoms with E-state index in [9.17, 15) is 0 Å². The minimum Gasteiger partial charge on any atom is -0.460 e. The van der Waals surface area contributed by atoms with Gasteiger partial charge in [0.15, 0.2) is 0 Å². The van der Waals surface area contributed by atoms with Crippen molar-refractivity contribution in [2.24, 2.45) is 0 Å². The molecule has 0 bridgehead atoms. The van der Waals surface area contributed by atoms with E-state index in [1.165, 1.54) is 19.4 Å². The number of nitrogens with zero attached hydrogens (tertiary/aromatic N) is 1. The third-order valence-corrected chi connectivity index (χ3v) is 4.61. The zero-order valence-electron chi connectivity index (χ0n) is 14.0. The molecule has 1 N–H and O–H groups in total. The molecule has 0 atom stereocenters. The smallest absolute Gasteiger partial charge is 0.135 e. The molecule has 0 spiro atoms. The Morgan fingerprint density at radius 3 is 2.71 bits per heavy atom. The molecule has 0 amide bonds. The van der Waals surface area contributed by atoms with Crippen LogP contribution in [0.4, 0.5) is 0 Å². The lowest BCUT2D eigenvalue weighted by Crippen LogP contribution is -2.37. The van der Waals surface area contributed by atoms with Crippen molar-refractivity contribution in [2.45, 2.75) is 19.4 Å².